The topological polar surface area (TPSA) is 86.8 Å². The summed E-state index contributed by atoms with van der Waals surface area (Å²) >= 11 is 0. The van der Waals surface area contributed by atoms with Gasteiger partial charge in [-0.2, -0.15) is 0 Å². The number of pyridine rings is 1. The number of hydrogen-bond donors (Lipinski definition) is 2. The number of carbonyl (C=O) groups excluding carboxylic acids is 2. The highest BCUT2D eigenvalue weighted by atomic mass is 19.1. The number of amides is 2. The van der Waals surface area contributed by atoms with Gasteiger partial charge >= 0.3 is 0 Å². The second kappa shape index (κ2) is 11.4. The Labute approximate surface area is 203 Å². The zero-order valence-corrected chi connectivity index (χ0v) is 19.5. The minimum atomic E-state index is -0.688. The fourth-order valence-electron chi connectivity index (χ4n) is 3.73. The molecule has 1 aliphatic heterocycles. The van der Waals surface area contributed by atoms with E-state index in [1.54, 1.807) is 37.4 Å². The van der Waals surface area contributed by atoms with Crippen LogP contribution in [0.4, 0.5) is 15.9 Å². The first-order valence-electron chi connectivity index (χ1n) is 11.5. The van der Waals surface area contributed by atoms with Crippen molar-refractivity contribution in [2.75, 3.05) is 42.9 Å². The number of anilines is 2. The summed E-state index contributed by atoms with van der Waals surface area (Å²) in [5.74, 6) is 1.17. The Hall–Kier alpha value is -3.98. The highest BCUT2D eigenvalue weighted by molar-refractivity contribution is 5.97. The van der Waals surface area contributed by atoms with E-state index >= 15 is 0 Å². The van der Waals surface area contributed by atoms with Crippen LogP contribution in [0, 0.1) is 5.82 Å². The number of rotatable bonds is 8. The van der Waals surface area contributed by atoms with Gasteiger partial charge < -0.3 is 20.3 Å². The molecule has 3 aromatic rings. The van der Waals surface area contributed by atoms with Crippen molar-refractivity contribution < 1.29 is 18.7 Å². The Morgan fingerprint density at radius 1 is 0.971 bits per heavy atom. The van der Waals surface area contributed by atoms with Gasteiger partial charge in [-0.15, -0.1) is 0 Å². The van der Waals surface area contributed by atoms with Crippen LogP contribution in [0.25, 0.3) is 0 Å². The van der Waals surface area contributed by atoms with E-state index in [0.29, 0.717) is 17.2 Å². The Balaban J connectivity index is 1.19. The maximum absolute atomic E-state index is 13.0. The molecule has 182 valence electrons. The highest BCUT2D eigenvalue weighted by Crippen LogP contribution is 2.23. The SMILES string of the molecule is CC(NC(=O)CN1CCN(c2ccccn2)CC1)C(=O)Nc1ccc(Oc2ccc(F)cc2)cc1. The molecule has 2 heterocycles. The Bertz CT molecular complexity index is 1120. The van der Waals surface area contributed by atoms with E-state index in [4.69, 9.17) is 4.74 Å². The zero-order chi connectivity index (χ0) is 24.6. The van der Waals surface area contributed by atoms with Crippen molar-refractivity contribution in [3.05, 3.63) is 78.7 Å². The molecule has 1 aliphatic rings. The molecule has 1 unspecified atom stereocenters. The van der Waals surface area contributed by atoms with E-state index in [9.17, 15) is 14.0 Å². The lowest BCUT2D eigenvalue weighted by Gasteiger charge is -2.35. The van der Waals surface area contributed by atoms with Gasteiger partial charge in [0.1, 0.15) is 29.2 Å². The van der Waals surface area contributed by atoms with Crippen molar-refractivity contribution >= 4 is 23.3 Å². The second-order valence-electron chi connectivity index (χ2n) is 8.31. The summed E-state index contributed by atoms with van der Waals surface area (Å²) in [7, 11) is 0. The summed E-state index contributed by atoms with van der Waals surface area (Å²) in [5, 5.41) is 5.55. The highest BCUT2D eigenvalue weighted by Gasteiger charge is 2.22. The number of nitrogens with one attached hydrogen (secondary N) is 2. The van der Waals surface area contributed by atoms with Crippen LogP contribution >= 0.6 is 0 Å². The van der Waals surface area contributed by atoms with E-state index < -0.39 is 6.04 Å². The molecule has 1 fully saturated rings. The number of carbonyl (C=O) groups is 2. The Kier molecular flexibility index (Phi) is 7.89. The molecular weight excluding hydrogens is 449 g/mol. The maximum Gasteiger partial charge on any atom is 0.246 e. The number of nitrogens with zero attached hydrogens (tertiary/aromatic N) is 3. The van der Waals surface area contributed by atoms with E-state index in [1.165, 1.54) is 24.3 Å². The van der Waals surface area contributed by atoms with Crippen LogP contribution in [-0.2, 0) is 9.59 Å². The van der Waals surface area contributed by atoms with Crippen LogP contribution in [0.15, 0.2) is 72.9 Å². The van der Waals surface area contributed by atoms with Gasteiger partial charge in [-0.3, -0.25) is 14.5 Å². The van der Waals surface area contributed by atoms with Crippen LogP contribution in [-0.4, -0.2) is 60.5 Å². The summed E-state index contributed by atoms with van der Waals surface area (Å²) in [6.07, 6.45) is 1.78. The molecule has 2 aromatic carbocycles. The smallest absolute Gasteiger partial charge is 0.246 e. The number of piperazine rings is 1. The molecule has 1 atom stereocenters. The van der Waals surface area contributed by atoms with Gasteiger partial charge in [-0.1, -0.05) is 6.07 Å². The fourth-order valence-corrected chi connectivity index (χ4v) is 3.73. The molecule has 1 saturated heterocycles. The number of aromatic nitrogens is 1. The molecule has 1 aromatic heterocycles. The molecule has 0 spiro atoms. The number of benzene rings is 2. The van der Waals surface area contributed by atoms with E-state index in [2.05, 4.69) is 25.4 Å². The van der Waals surface area contributed by atoms with Crippen LogP contribution < -0.4 is 20.3 Å². The Morgan fingerprint density at radius 2 is 1.63 bits per heavy atom. The van der Waals surface area contributed by atoms with Gasteiger partial charge in [0.05, 0.1) is 6.54 Å². The third kappa shape index (κ3) is 7.00. The first kappa shape index (κ1) is 24.2. The first-order valence-corrected chi connectivity index (χ1v) is 11.5. The van der Waals surface area contributed by atoms with Gasteiger partial charge in [0.15, 0.2) is 0 Å². The van der Waals surface area contributed by atoms with Gasteiger partial charge in [0.25, 0.3) is 0 Å². The fraction of sp³-hybridized carbons (Fsp3) is 0.269. The van der Waals surface area contributed by atoms with Gasteiger partial charge in [-0.05, 0) is 67.6 Å². The van der Waals surface area contributed by atoms with Crippen LogP contribution in [0.2, 0.25) is 0 Å². The van der Waals surface area contributed by atoms with Crippen molar-refractivity contribution in [3.8, 4) is 11.5 Å². The summed E-state index contributed by atoms with van der Waals surface area (Å²) in [6.45, 7) is 4.97. The predicted molar refractivity (Wildman–Crippen MR) is 132 cm³/mol. The molecule has 2 amide bonds. The van der Waals surface area contributed by atoms with Crippen LogP contribution in [0.3, 0.4) is 0 Å². The standard InChI is InChI=1S/C26H28FN5O3/c1-19(29-25(33)18-31-14-16-32(17-15-31)24-4-2-3-13-28-24)26(34)30-21-7-11-23(12-8-21)35-22-9-5-20(27)6-10-22/h2-13,19H,14-18H2,1H3,(H,29,33)(H,30,34). The van der Waals surface area contributed by atoms with Crippen LogP contribution in [0.5, 0.6) is 11.5 Å². The summed E-state index contributed by atoms with van der Waals surface area (Å²) in [5.41, 5.74) is 0.577. The molecule has 35 heavy (non-hydrogen) atoms. The lowest BCUT2D eigenvalue weighted by Crippen LogP contribution is -2.51. The number of hydrogen-bond acceptors (Lipinski definition) is 6. The van der Waals surface area contributed by atoms with Crippen molar-refractivity contribution in [2.45, 2.75) is 13.0 Å². The number of ether oxygens (including phenoxy) is 1. The number of halogens is 1. The van der Waals surface area contributed by atoms with Gasteiger partial charge in [-0.25, -0.2) is 9.37 Å². The van der Waals surface area contributed by atoms with E-state index in [0.717, 1.165) is 32.0 Å². The average molecular weight is 478 g/mol. The minimum absolute atomic E-state index is 0.193. The molecular formula is C26H28FN5O3. The third-order valence-corrected chi connectivity index (χ3v) is 5.65. The molecule has 4 rings (SSSR count). The molecule has 0 aliphatic carbocycles. The van der Waals surface area contributed by atoms with Crippen molar-refractivity contribution in [2.24, 2.45) is 0 Å². The molecule has 8 nitrogen and oxygen atoms in total. The molecule has 9 heteroatoms. The van der Waals surface area contributed by atoms with E-state index in [1.807, 2.05) is 18.2 Å². The summed E-state index contributed by atoms with van der Waals surface area (Å²) in [4.78, 5) is 33.6. The van der Waals surface area contributed by atoms with Crippen molar-refractivity contribution in [1.82, 2.24) is 15.2 Å². The average Bonchev–Trinajstić information content (AvgIpc) is 2.87. The predicted octanol–water partition coefficient (Wildman–Crippen LogP) is 3.28. The normalized spacial score (nSPS) is 14.7. The Morgan fingerprint density at radius 3 is 2.26 bits per heavy atom. The maximum atomic E-state index is 13.0. The molecule has 2 N–H and O–H groups in total. The largest absolute Gasteiger partial charge is 0.457 e. The van der Waals surface area contributed by atoms with Crippen LogP contribution in [0.1, 0.15) is 6.92 Å². The first-order chi connectivity index (χ1) is 17.0. The zero-order valence-electron chi connectivity index (χ0n) is 19.5. The van der Waals surface area contributed by atoms with Gasteiger partial charge in [0.2, 0.25) is 11.8 Å². The van der Waals surface area contributed by atoms with Crippen molar-refractivity contribution in [3.63, 3.8) is 0 Å². The summed E-state index contributed by atoms with van der Waals surface area (Å²) in [6, 6.07) is 17.7. The third-order valence-electron chi connectivity index (χ3n) is 5.65. The quantitative estimate of drug-likeness (QED) is 0.518. The molecule has 0 radical (unpaired) electrons. The molecule has 0 saturated carbocycles. The second-order valence-corrected chi connectivity index (χ2v) is 8.31. The lowest BCUT2D eigenvalue weighted by atomic mass is 10.2. The monoisotopic (exact) mass is 477 g/mol. The van der Waals surface area contributed by atoms with E-state index in [-0.39, 0.29) is 24.2 Å². The lowest BCUT2D eigenvalue weighted by molar-refractivity contribution is -0.127. The minimum Gasteiger partial charge on any atom is -0.457 e. The summed E-state index contributed by atoms with van der Waals surface area (Å²) < 4.78 is 18.7. The molecule has 0 bridgehead atoms. The van der Waals surface area contributed by atoms with Gasteiger partial charge in [0, 0.05) is 38.1 Å². The van der Waals surface area contributed by atoms with Crippen molar-refractivity contribution in [1.29, 1.82) is 0 Å².